The van der Waals surface area contributed by atoms with Crippen molar-refractivity contribution >= 4 is 11.9 Å². The van der Waals surface area contributed by atoms with E-state index >= 15 is 0 Å². The zero-order chi connectivity index (χ0) is 16.0. The molecule has 0 N–H and O–H groups in total. The summed E-state index contributed by atoms with van der Waals surface area (Å²) in [7, 11) is 0. The van der Waals surface area contributed by atoms with Crippen LogP contribution in [0.3, 0.4) is 0 Å². The molecular formula is C15H19NO5. The van der Waals surface area contributed by atoms with E-state index in [4.69, 9.17) is 9.47 Å². The summed E-state index contributed by atoms with van der Waals surface area (Å²) < 4.78 is 11.1. The lowest BCUT2D eigenvalue weighted by Crippen LogP contribution is -2.31. The van der Waals surface area contributed by atoms with E-state index in [0.717, 1.165) is 0 Å². The first-order chi connectivity index (χ1) is 9.97. The fourth-order valence-electron chi connectivity index (χ4n) is 1.87. The predicted octanol–water partition coefficient (Wildman–Crippen LogP) is 1.70. The lowest BCUT2D eigenvalue weighted by molar-refractivity contribution is 0.0521. The molecule has 0 saturated heterocycles. The smallest absolute Gasteiger partial charge is 0.343 e. The molecule has 0 aliphatic heterocycles. The van der Waals surface area contributed by atoms with Crippen LogP contribution in [-0.2, 0) is 16.0 Å². The number of hydrogen-bond acceptors (Lipinski definition) is 5. The Kier molecular flexibility index (Phi) is 5.90. The summed E-state index contributed by atoms with van der Waals surface area (Å²) >= 11 is 0. The molecule has 1 aromatic rings. The number of rotatable bonds is 6. The molecule has 1 rings (SSSR count). The van der Waals surface area contributed by atoms with Gasteiger partial charge in [-0.3, -0.25) is 4.79 Å². The maximum Gasteiger partial charge on any atom is 0.343 e. The molecule has 1 heterocycles. The first-order valence-electron chi connectivity index (χ1n) is 6.67. The van der Waals surface area contributed by atoms with Gasteiger partial charge in [-0.25, -0.2) is 9.59 Å². The van der Waals surface area contributed by atoms with Crippen LogP contribution in [-0.4, -0.2) is 29.7 Å². The highest BCUT2D eigenvalue weighted by Crippen LogP contribution is 2.11. The Labute approximate surface area is 123 Å². The third-order valence-corrected chi connectivity index (χ3v) is 2.86. The lowest BCUT2D eigenvalue weighted by atomic mass is 10.1. The average Bonchev–Trinajstić information content (AvgIpc) is 2.44. The van der Waals surface area contributed by atoms with Gasteiger partial charge in [0.15, 0.2) is 0 Å². The van der Waals surface area contributed by atoms with Crippen molar-refractivity contribution < 1.29 is 19.1 Å². The number of nitrogens with zero attached hydrogens (tertiary/aromatic N) is 1. The Bertz CT molecular complexity index is 615. The van der Waals surface area contributed by atoms with Crippen molar-refractivity contribution in [3.05, 3.63) is 45.9 Å². The SMILES string of the molecule is C=CCn1c(C)c(C(=O)OCC)cc(C(=O)OCC)c1=O. The molecule has 0 fully saturated rings. The van der Waals surface area contributed by atoms with E-state index in [1.807, 2.05) is 0 Å². The number of aromatic nitrogens is 1. The van der Waals surface area contributed by atoms with Crippen LogP contribution in [0.5, 0.6) is 0 Å². The highest BCUT2D eigenvalue weighted by Gasteiger charge is 2.21. The molecule has 0 unspecified atom stereocenters. The van der Waals surface area contributed by atoms with Crippen molar-refractivity contribution in [3.63, 3.8) is 0 Å². The van der Waals surface area contributed by atoms with Crippen molar-refractivity contribution in [2.75, 3.05) is 13.2 Å². The van der Waals surface area contributed by atoms with Gasteiger partial charge in [-0.15, -0.1) is 6.58 Å². The van der Waals surface area contributed by atoms with Gasteiger partial charge in [-0.05, 0) is 26.8 Å². The summed E-state index contributed by atoms with van der Waals surface area (Å²) in [6.07, 6.45) is 1.51. The Morgan fingerprint density at radius 3 is 2.19 bits per heavy atom. The number of allylic oxidation sites excluding steroid dienone is 1. The summed E-state index contributed by atoms with van der Waals surface area (Å²) in [6, 6.07) is 1.23. The van der Waals surface area contributed by atoms with E-state index < -0.39 is 17.5 Å². The molecule has 0 aliphatic rings. The van der Waals surface area contributed by atoms with Crippen molar-refractivity contribution in [1.29, 1.82) is 0 Å². The molecule has 114 valence electrons. The lowest BCUT2D eigenvalue weighted by Gasteiger charge is -2.14. The van der Waals surface area contributed by atoms with Gasteiger partial charge in [-0.1, -0.05) is 6.08 Å². The average molecular weight is 293 g/mol. The molecule has 0 aromatic carbocycles. The van der Waals surface area contributed by atoms with Crippen LogP contribution in [0.2, 0.25) is 0 Å². The first kappa shape index (κ1) is 16.7. The quantitative estimate of drug-likeness (QED) is 0.589. The van der Waals surface area contributed by atoms with Gasteiger partial charge < -0.3 is 14.0 Å². The normalized spacial score (nSPS) is 10.0. The first-order valence-corrected chi connectivity index (χ1v) is 6.67. The van der Waals surface area contributed by atoms with Gasteiger partial charge in [0.05, 0.1) is 18.8 Å². The fraction of sp³-hybridized carbons (Fsp3) is 0.400. The second-order valence-corrected chi connectivity index (χ2v) is 4.20. The molecule has 6 heteroatoms. The summed E-state index contributed by atoms with van der Waals surface area (Å²) in [5.74, 6) is -1.34. The second kappa shape index (κ2) is 7.42. The van der Waals surface area contributed by atoms with Crippen LogP contribution >= 0.6 is 0 Å². The zero-order valence-corrected chi connectivity index (χ0v) is 12.5. The van der Waals surface area contributed by atoms with E-state index in [9.17, 15) is 14.4 Å². The van der Waals surface area contributed by atoms with Crippen molar-refractivity contribution in [2.45, 2.75) is 27.3 Å². The van der Waals surface area contributed by atoms with Gasteiger partial charge in [0.2, 0.25) is 0 Å². The van der Waals surface area contributed by atoms with E-state index in [1.165, 1.54) is 16.7 Å². The van der Waals surface area contributed by atoms with Crippen LogP contribution in [0.4, 0.5) is 0 Å². The van der Waals surface area contributed by atoms with E-state index in [1.54, 1.807) is 20.8 Å². The van der Waals surface area contributed by atoms with E-state index in [0.29, 0.717) is 5.69 Å². The Hall–Kier alpha value is -2.37. The fourth-order valence-corrected chi connectivity index (χ4v) is 1.87. The van der Waals surface area contributed by atoms with Gasteiger partial charge in [0, 0.05) is 12.2 Å². The summed E-state index contributed by atoms with van der Waals surface area (Å²) in [5.41, 5.74) is -0.112. The topological polar surface area (TPSA) is 74.6 Å². The van der Waals surface area contributed by atoms with Gasteiger partial charge in [-0.2, -0.15) is 0 Å². The highest BCUT2D eigenvalue weighted by atomic mass is 16.5. The number of carbonyl (C=O) groups is 2. The van der Waals surface area contributed by atoms with E-state index in [2.05, 4.69) is 6.58 Å². The summed E-state index contributed by atoms with van der Waals surface area (Å²) in [4.78, 5) is 36.1. The molecule has 0 amide bonds. The number of ether oxygens (including phenoxy) is 2. The zero-order valence-electron chi connectivity index (χ0n) is 12.5. The monoisotopic (exact) mass is 293 g/mol. The van der Waals surface area contributed by atoms with Crippen LogP contribution in [0.25, 0.3) is 0 Å². The third-order valence-electron chi connectivity index (χ3n) is 2.86. The maximum absolute atomic E-state index is 12.3. The number of carbonyl (C=O) groups excluding carboxylic acids is 2. The summed E-state index contributed by atoms with van der Waals surface area (Å²) in [5, 5.41) is 0. The molecule has 0 aliphatic carbocycles. The van der Waals surface area contributed by atoms with Crippen LogP contribution < -0.4 is 5.56 Å². The molecule has 0 spiro atoms. The molecule has 21 heavy (non-hydrogen) atoms. The number of pyridine rings is 1. The molecule has 0 saturated carbocycles. The molecule has 0 radical (unpaired) electrons. The summed E-state index contributed by atoms with van der Waals surface area (Å²) in [6.45, 7) is 9.03. The third kappa shape index (κ3) is 3.59. The molecular weight excluding hydrogens is 274 g/mol. The Morgan fingerprint density at radius 2 is 1.71 bits per heavy atom. The Balaban J connectivity index is 3.51. The molecule has 0 atom stereocenters. The Morgan fingerprint density at radius 1 is 1.19 bits per heavy atom. The molecule has 0 bridgehead atoms. The molecule has 1 aromatic heterocycles. The van der Waals surface area contributed by atoms with Gasteiger partial charge in [0.1, 0.15) is 5.56 Å². The number of hydrogen-bond donors (Lipinski definition) is 0. The van der Waals surface area contributed by atoms with Crippen molar-refractivity contribution in [1.82, 2.24) is 4.57 Å². The minimum atomic E-state index is -0.758. The second-order valence-electron chi connectivity index (χ2n) is 4.20. The van der Waals surface area contributed by atoms with Crippen LogP contribution in [0, 0.1) is 6.92 Å². The predicted molar refractivity (Wildman–Crippen MR) is 77.5 cm³/mol. The van der Waals surface area contributed by atoms with Gasteiger partial charge >= 0.3 is 11.9 Å². The van der Waals surface area contributed by atoms with Crippen molar-refractivity contribution in [2.24, 2.45) is 0 Å². The van der Waals surface area contributed by atoms with Crippen LogP contribution in [0.15, 0.2) is 23.5 Å². The van der Waals surface area contributed by atoms with E-state index in [-0.39, 0.29) is 30.9 Å². The minimum Gasteiger partial charge on any atom is -0.462 e. The minimum absolute atomic E-state index is 0.141. The van der Waals surface area contributed by atoms with Crippen molar-refractivity contribution in [3.8, 4) is 0 Å². The van der Waals surface area contributed by atoms with Crippen LogP contribution in [0.1, 0.15) is 40.3 Å². The largest absolute Gasteiger partial charge is 0.462 e. The standard InChI is InChI=1S/C15H19NO5/c1-5-8-16-10(4)11(14(18)20-6-2)9-12(13(16)17)15(19)21-7-3/h5,9H,1,6-8H2,2-4H3. The number of esters is 2. The maximum atomic E-state index is 12.3. The highest BCUT2D eigenvalue weighted by molar-refractivity contribution is 5.95. The molecule has 6 nitrogen and oxygen atoms in total. The van der Waals surface area contributed by atoms with Gasteiger partial charge in [0.25, 0.3) is 5.56 Å².